The number of carbonyl (C=O) groups excluding carboxylic acids is 3. The maximum Gasteiger partial charge on any atom is 0.334 e. The lowest BCUT2D eigenvalue weighted by Crippen LogP contribution is -2.63. The zero-order valence-electron chi connectivity index (χ0n) is 16.8. The van der Waals surface area contributed by atoms with Crippen LogP contribution in [0.3, 0.4) is 0 Å². The van der Waals surface area contributed by atoms with Gasteiger partial charge < -0.3 is 4.90 Å². The van der Waals surface area contributed by atoms with Gasteiger partial charge in [-0.1, -0.05) is 48.5 Å². The summed E-state index contributed by atoms with van der Waals surface area (Å²) in [6, 6.07) is 17.6. The van der Waals surface area contributed by atoms with E-state index in [4.69, 9.17) is 0 Å². The molecule has 4 amide bonds. The minimum Gasteiger partial charge on any atom is -0.306 e. The molecule has 0 saturated carbocycles. The number of hydrogen-bond acceptors (Lipinski definition) is 4. The summed E-state index contributed by atoms with van der Waals surface area (Å²) in [5, 5.41) is 0. The van der Waals surface area contributed by atoms with Crippen molar-refractivity contribution in [3.63, 3.8) is 0 Å². The quantitative estimate of drug-likeness (QED) is 0.710. The Morgan fingerprint density at radius 1 is 1.07 bits per heavy atom. The molecular weight excluding hydrogens is 382 g/mol. The molecule has 0 N–H and O–H groups in total. The number of carbonyl (C=O) groups is 3. The SMILES string of the molecule is CN1C(=O)N(CC(=O)N(Cc2ccccc2)c2ccccc2)C(=O)C2C1=NC=[N+]2C. The number of aliphatic imine (C=N–C) groups is 1. The molecule has 8 heteroatoms. The third-order valence-electron chi connectivity index (χ3n) is 5.23. The van der Waals surface area contributed by atoms with E-state index >= 15 is 0 Å². The highest BCUT2D eigenvalue weighted by Crippen LogP contribution is 2.20. The first kappa shape index (κ1) is 19.5. The highest BCUT2D eigenvalue weighted by atomic mass is 16.2. The molecule has 8 nitrogen and oxygen atoms in total. The predicted molar refractivity (Wildman–Crippen MR) is 112 cm³/mol. The zero-order valence-corrected chi connectivity index (χ0v) is 16.8. The first-order chi connectivity index (χ1) is 14.5. The van der Waals surface area contributed by atoms with Crippen molar-refractivity contribution in [2.75, 3.05) is 25.5 Å². The minimum atomic E-state index is -0.695. The van der Waals surface area contributed by atoms with E-state index in [1.54, 1.807) is 23.6 Å². The van der Waals surface area contributed by atoms with Gasteiger partial charge in [0.1, 0.15) is 6.54 Å². The average Bonchev–Trinajstić information content (AvgIpc) is 3.16. The predicted octanol–water partition coefficient (Wildman–Crippen LogP) is 1.57. The zero-order chi connectivity index (χ0) is 21.3. The summed E-state index contributed by atoms with van der Waals surface area (Å²) < 4.78 is 1.64. The lowest BCUT2D eigenvalue weighted by molar-refractivity contribution is -0.500. The van der Waals surface area contributed by atoms with Crippen LogP contribution in [-0.2, 0) is 16.1 Å². The Labute approximate surface area is 174 Å². The van der Waals surface area contributed by atoms with E-state index in [1.165, 1.54) is 11.2 Å². The second-order valence-electron chi connectivity index (χ2n) is 7.24. The lowest BCUT2D eigenvalue weighted by atomic mass is 10.1. The first-order valence-corrected chi connectivity index (χ1v) is 9.58. The van der Waals surface area contributed by atoms with Crippen molar-refractivity contribution in [3.8, 4) is 0 Å². The van der Waals surface area contributed by atoms with Crippen LogP contribution in [0.2, 0.25) is 0 Å². The molecule has 2 heterocycles. The summed E-state index contributed by atoms with van der Waals surface area (Å²) in [5.41, 5.74) is 1.65. The van der Waals surface area contributed by atoms with E-state index in [9.17, 15) is 14.4 Å². The van der Waals surface area contributed by atoms with Gasteiger partial charge in [0.25, 0.3) is 24.1 Å². The summed E-state index contributed by atoms with van der Waals surface area (Å²) in [6.07, 6.45) is 1.51. The van der Waals surface area contributed by atoms with Crippen molar-refractivity contribution < 1.29 is 19.0 Å². The van der Waals surface area contributed by atoms with Gasteiger partial charge in [0.05, 0.1) is 13.6 Å². The van der Waals surface area contributed by atoms with Crippen molar-refractivity contribution in [1.82, 2.24) is 9.80 Å². The van der Waals surface area contributed by atoms with Crippen LogP contribution >= 0.6 is 0 Å². The van der Waals surface area contributed by atoms with E-state index in [0.29, 0.717) is 18.1 Å². The monoisotopic (exact) mass is 404 g/mol. The Morgan fingerprint density at radius 3 is 2.37 bits per heavy atom. The molecule has 4 rings (SSSR count). The van der Waals surface area contributed by atoms with E-state index in [2.05, 4.69) is 4.99 Å². The number of fused-ring (bicyclic) bond motifs is 1. The van der Waals surface area contributed by atoms with Crippen LogP contribution in [0.15, 0.2) is 65.7 Å². The first-order valence-electron chi connectivity index (χ1n) is 9.58. The van der Waals surface area contributed by atoms with Crippen LogP contribution in [0.5, 0.6) is 0 Å². The summed E-state index contributed by atoms with van der Waals surface area (Å²) in [7, 11) is 3.28. The Morgan fingerprint density at radius 2 is 1.70 bits per heavy atom. The molecule has 1 atom stereocenters. The summed E-state index contributed by atoms with van der Waals surface area (Å²) in [6.45, 7) is -0.0130. The van der Waals surface area contributed by atoms with E-state index in [-0.39, 0.29) is 12.5 Å². The highest BCUT2D eigenvalue weighted by Gasteiger charge is 2.51. The third kappa shape index (κ3) is 3.47. The van der Waals surface area contributed by atoms with Gasteiger partial charge in [-0.25, -0.2) is 9.37 Å². The van der Waals surface area contributed by atoms with Crippen molar-refractivity contribution in [3.05, 3.63) is 66.2 Å². The molecule has 2 aliphatic heterocycles. The molecule has 2 aromatic rings. The van der Waals surface area contributed by atoms with Crippen molar-refractivity contribution in [2.45, 2.75) is 12.6 Å². The number of anilines is 1. The van der Waals surface area contributed by atoms with Gasteiger partial charge >= 0.3 is 6.03 Å². The minimum absolute atomic E-state index is 0.333. The van der Waals surface area contributed by atoms with Crippen LogP contribution in [0.1, 0.15) is 5.56 Å². The number of rotatable bonds is 5. The van der Waals surface area contributed by atoms with Crippen LogP contribution in [-0.4, -0.2) is 71.1 Å². The topological polar surface area (TPSA) is 76.3 Å². The number of benzene rings is 2. The maximum absolute atomic E-state index is 13.3. The van der Waals surface area contributed by atoms with Crippen LogP contribution in [0, 0.1) is 0 Å². The van der Waals surface area contributed by atoms with Gasteiger partial charge in [-0.15, -0.1) is 0 Å². The van der Waals surface area contributed by atoms with E-state index in [0.717, 1.165) is 10.5 Å². The molecule has 1 unspecified atom stereocenters. The lowest BCUT2D eigenvalue weighted by Gasteiger charge is -2.33. The highest BCUT2D eigenvalue weighted by molar-refractivity contribution is 6.22. The second kappa shape index (κ2) is 7.90. The van der Waals surface area contributed by atoms with Gasteiger partial charge in [-0.2, -0.15) is 0 Å². The molecule has 0 spiro atoms. The van der Waals surface area contributed by atoms with Crippen molar-refractivity contribution >= 4 is 35.7 Å². The van der Waals surface area contributed by atoms with Gasteiger partial charge in [-0.3, -0.25) is 19.4 Å². The molecule has 0 aliphatic carbocycles. The molecule has 0 radical (unpaired) electrons. The average molecular weight is 404 g/mol. The number of para-hydroxylation sites is 1. The maximum atomic E-state index is 13.3. The molecule has 2 aliphatic rings. The van der Waals surface area contributed by atoms with Crippen LogP contribution < -0.4 is 4.90 Å². The molecule has 2 aromatic carbocycles. The summed E-state index contributed by atoms with van der Waals surface area (Å²) in [5.74, 6) is -0.417. The van der Waals surface area contributed by atoms with Crippen LogP contribution in [0.25, 0.3) is 0 Å². The van der Waals surface area contributed by atoms with Gasteiger partial charge in [0.2, 0.25) is 5.91 Å². The molecule has 1 saturated heterocycles. The number of likely N-dealkylation sites (N-methyl/N-ethyl adjacent to an activating group) is 2. The fraction of sp³-hybridized carbons (Fsp3) is 0.227. The number of hydrogen-bond donors (Lipinski definition) is 0. The Kier molecular flexibility index (Phi) is 5.14. The van der Waals surface area contributed by atoms with Gasteiger partial charge in [0, 0.05) is 12.7 Å². The normalized spacial score (nSPS) is 18.1. The largest absolute Gasteiger partial charge is 0.334 e. The van der Waals surface area contributed by atoms with Gasteiger partial charge in [-0.05, 0) is 22.7 Å². The molecule has 1 fully saturated rings. The Bertz CT molecular complexity index is 1050. The number of nitrogens with zero attached hydrogens (tertiary/aromatic N) is 5. The second-order valence-corrected chi connectivity index (χ2v) is 7.24. The molecule has 30 heavy (non-hydrogen) atoms. The fourth-order valence-electron chi connectivity index (χ4n) is 3.61. The van der Waals surface area contributed by atoms with E-state index < -0.39 is 18.0 Å². The van der Waals surface area contributed by atoms with Gasteiger partial charge in [0.15, 0.2) is 0 Å². The smallest absolute Gasteiger partial charge is 0.306 e. The number of amidine groups is 1. The Balaban J connectivity index is 1.60. The number of imide groups is 1. The summed E-state index contributed by atoms with van der Waals surface area (Å²) >= 11 is 0. The van der Waals surface area contributed by atoms with Crippen LogP contribution in [0.4, 0.5) is 10.5 Å². The summed E-state index contributed by atoms with van der Waals surface area (Å²) in [4.78, 5) is 47.1. The molecule has 152 valence electrons. The number of amides is 4. The molecule has 0 bridgehead atoms. The molecule has 0 aromatic heterocycles. The van der Waals surface area contributed by atoms with Crippen molar-refractivity contribution in [2.24, 2.45) is 4.99 Å². The number of urea groups is 1. The van der Waals surface area contributed by atoms with E-state index in [1.807, 2.05) is 60.7 Å². The van der Waals surface area contributed by atoms with Crippen molar-refractivity contribution in [1.29, 1.82) is 0 Å². The fourth-order valence-corrected chi connectivity index (χ4v) is 3.61. The third-order valence-corrected chi connectivity index (χ3v) is 5.23. The standard InChI is InChI=1S/C22H22N5O3/c1-24-15-23-20-19(24)21(29)27(22(30)25(20)2)14-18(28)26(17-11-7-4-8-12-17)13-16-9-5-3-6-10-16/h3-12,15,19H,13-14H2,1-2H3/q+1. The molecular formula is C22H22N5O3+. The Hall–Kier alpha value is -3.81.